The summed E-state index contributed by atoms with van der Waals surface area (Å²) < 4.78 is 25.8. The third-order valence-corrected chi connectivity index (χ3v) is 7.23. The number of carbonyl (C=O) groups excluding carboxylic acids is 2. The second kappa shape index (κ2) is 8.39. The van der Waals surface area contributed by atoms with Gasteiger partial charge in [0, 0.05) is 19.5 Å². The third-order valence-electron chi connectivity index (χ3n) is 5.39. The molecular weight excluding hydrogens is 366 g/mol. The summed E-state index contributed by atoms with van der Waals surface area (Å²) in [6.45, 7) is 2.90. The van der Waals surface area contributed by atoms with Crippen molar-refractivity contribution in [2.75, 3.05) is 33.2 Å². The Morgan fingerprint density at radius 3 is 2.63 bits per heavy atom. The van der Waals surface area contributed by atoms with Gasteiger partial charge >= 0.3 is 0 Å². The van der Waals surface area contributed by atoms with Crippen LogP contribution in [0.3, 0.4) is 0 Å². The van der Waals surface area contributed by atoms with Crippen LogP contribution in [0.4, 0.5) is 0 Å². The molecule has 1 aromatic carbocycles. The minimum atomic E-state index is -3.78. The molecule has 3 rings (SSSR count). The second-order valence-corrected chi connectivity index (χ2v) is 9.20. The molecule has 0 atom stereocenters. The molecule has 0 spiro atoms. The van der Waals surface area contributed by atoms with Gasteiger partial charge in [-0.15, -0.1) is 0 Å². The fraction of sp³-hybridized carbons (Fsp3) is 0.579. The first kappa shape index (κ1) is 19.8. The normalized spacial score (nSPS) is 19.9. The van der Waals surface area contributed by atoms with Crippen molar-refractivity contribution in [2.45, 2.75) is 37.0 Å². The largest absolute Gasteiger partial charge is 0.356 e. The van der Waals surface area contributed by atoms with Crippen molar-refractivity contribution in [2.24, 2.45) is 5.92 Å². The molecule has 7 nitrogen and oxygen atoms in total. The molecule has 2 heterocycles. The van der Waals surface area contributed by atoms with E-state index in [0.717, 1.165) is 23.8 Å². The van der Waals surface area contributed by atoms with Crippen molar-refractivity contribution in [1.82, 2.24) is 14.5 Å². The molecule has 2 amide bonds. The topological polar surface area (TPSA) is 86.8 Å². The van der Waals surface area contributed by atoms with Crippen molar-refractivity contribution in [3.05, 3.63) is 29.8 Å². The number of hydrogen-bond acceptors (Lipinski definition) is 5. The summed E-state index contributed by atoms with van der Waals surface area (Å²) >= 11 is 0. The Hall–Kier alpha value is -1.93. The molecule has 2 aliphatic heterocycles. The molecular formula is C19H27N3O4S. The fourth-order valence-electron chi connectivity index (χ4n) is 3.69. The third kappa shape index (κ3) is 4.50. The van der Waals surface area contributed by atoms with E-state index in [0.29, 0.717) is 18.9 Å². The van der Waals surface area contributed by atoms with Crippen LogP contribution >= 0.6 is 0 Å². The minimum absolute atomic E-state index is 0.0260. The zero-order valence-corrected chi connectivity index (χ0v) is 16.5. The van der Waals surface area contributed by atoms with Crippen LogP contribution in [0.15, 0.2) is 29.2 Å². The quantitative estimate of drug-likeness (QED) is 0.758. The van der Waals surface area contributed by atoms with E-state index < -0.39 is 15.9 Å². The van der Waals surface area contributed by atoms with Crippen molar-refractivity contribution in [1.29, 1.82) is 0 Å². The summed E-state index contributed by atoms with van der Waals surface area (Å²) in [6.07, 6.45) is 3.85. The summed E-state index contributed by atoms with van der Waals surface area (Å²) in [5, 5.41) is 2.91. The standard InChI is InChI=1S/C19H27N3O4S/c1-21-13-9-15(10-14-21)8-11-20-18(23)7-4-12-22-19(24)16-5-2-3-6-17(16)27(22,25)26/h2-3,5-6,15H,4,7-14H2,1H3,(H,20,23). The molecule has 1 aromatic rings. The smallest absolute Gasteiger partial charge is 0.269 e. The molecule has 0 aromatic heterocycles. The number of fused-ring (bicyclic) bond motifs is 1. The van der Waals surface area contributed by atoms with Crippen molar-refractivity contribution in [3.63, 3.8) is 0 Å². The van der Waals surface area contributed by atoms with Gasteiger partial charge < -0.3 is 10.2 Å². The van der Waals surface area contributed by atoms with Gasteiger partial charge in [-0.2, -0.15) is 0 Å². The van der Waals surface area contributed by atoms with E-state index in [2.05, 4.69) is 17.3 Å². The Morgan fingerprint density at radius 1 is 1.22 bits per heavy atom. The van der Waals surface area contributed by atoms with E-state index in [9.17, 15) is 18.0 Å². The van der Waals surface area contributed by atoms with E-state index in [1.54, 1.807) is 12.1 Å². The molecule has 2 aliphatic rings. The number of piperidine rings is 1. The van der Waals surface area contributed by atoms with E-state index in [1.165, 1.54) is 25.0 Å². The minimum Gasteiger partial charge on any atom is -0.356 e. The van der Waals surface area contributed by atoms with E-state index in [1.807, 2.05) is 0 Å². The molecule has 0 unspecified atom stereocenters. The number of rotatable bonds is 7. The number of amides is 2. The highest BCUT2D eigenvalue weighted by Gasteiger charge is 2.40. The molecule has 0 bridgehead atoms. The molecule has 1 fully saturated rings. The van der Waals surface area contributed by atoms with Crippen LogP contribution in [-0.4, -0.2) is 62.7 Å². The highest BCUT2D eigenvalue weighted by Crippen LogP contribution is 2.30. The maximum atomic E-state index is 12.4. The molecule has 0 aliphatic carbocycles. The first-order valence-corrected chi connectivity index (χ1v) is 10.9. The highest BCUT2D eigenvalue weighted by molar-refractivity contribution is 7.90. The van der Waals surface area contributed by atoms with Gasteiger partial charge in [0.1, 0.15) is 4.90 Å². The van der Waals surface area contributed by atoms with Crippen LogP contribution < -0.4 is 5.32 Å². The summed E-state index contributed by atoms with van der Waals surface area (Å²) in [5.41, 5.74) is 0.208. The van der Waals surface area contributed by atoms with Gasteiger partial charge in [0.25, 0.3) is 15.9 Å². The molecule has 8 heteroatoms. The Balaban J connectivity index is 1.40. The SMILES string of the molecule is CN1CCC(CCNC(=O)CCCN2C(=O)c3ccccc3S2(=O)=O)CC1. The van der Waals surface area contributed by atoms with Crippen molar-refractivity contribution < 1.29 is 18.0 Å². The second-order valence-electron chi connectivity index (χ2n) is 7.37. The lowest BCUT2D eigenvalue weighted by molar-refractivity contribution is -0.121. The number of hydrogen-bond donors (Lipinski definition) is 1. The molecule has 1 N–H and O–H groups in total. The van der Waals surface area contributed by atoms with Crippen LogP contribution in [0.5, 0.6) is 0 Å². The predicted octanol–water partition coefficient (Wildman–Crippen LogP) is 1.46. The fourth-order valence-corrected chi connectivity index (χ4v) is 5.30. The number of nitrogens with zero attached hydrogens (tertiary/aromatic N) is 2. The van der Waals surface area contributed by atoms with Gasteiger partial charge in [-0.3, -0.25) is 9.59 Å². The molecule has 0 saturated carbocycles. The average molecular weight is 394 g/mol. The summed E-state index contributed by atoms with van der Waals surface area (Å²) in [7, 11) is -1.65. The number of likely N-dealkylation sites (tertiary alicyclic amines) is 1. The van der Waals surface area contributed by atoms with E-state index in [4.69, 9.17) is 0 Å². The Labute approximate surface area is 160 Å². The summed E-state index contributed by atoms with van der Waals surface area (Å²) in [5.74, 6) is 0.0603. The van der Waals surface area contributed by atoms with Gasteiger partial charge in [0.15, 0.2) is 0 Å². The maximum Gasteiger partial charge on any atom is 0.269 e. The lowest BCUT2D eigenvalue weighted by Crippen LogP contribution is -2.33. The summed E-state index contributed by atoms with van der Waals surface area (Å²) in [6, 6.07) is 6.21. The van der Waals surface area contributed by atoms with Crippen LogP contribution in [0, 0.1) is 5.92 Å². The number of benzene rings is 1. The monoisotopic (exact) mass is 393 g/mol. The number of nitrogens with one attached hydrogen (secondary N) is 1. The van der Waals surface area contributed by atoms with E-state index >= 15 is 0 Å². The van der Waals surface area contributed by atoms with Gasteiger partial charge in [0.2, 0.25) is 5.91 Å². The predicted molar refractivity (Wildman–Crippen MR) is 102 cm³/mol. The van der Waals surface area contributed by atoms with Crippen LogP contribution in [0.2, 0.25) is 0 Å². The number of sulfonamides is 1. The van der Waals surface area contributed by atoms with Gasteiger partial charge in [0.05, 0.1) is 5.56 Å². The van der Waals surface area contributed by atoms with Gasteiger partial charge in [-0.05, 0) is 63.9 Å². The van der Waals surface area contributed by atoms with E-state index in [-0.39, 0.29) is 29.3 Å². The Morgan fingerprint density at radius 2 is 1.93 bits per heavy atom. The summed E-state index contributed by atoms with van der Waals surface area (Å²) in [4.78, 5) is 26.7. The van der Waals surface area contributed by atoms with Crippen LogP contribution in [-0.2, 0) is 14.8 Å². The van der Waals surface area contributed by atoms with Gasteiger partial charge in [-0.25, -0.2) is 12.7 Å². The molecule has 148 valence electrons. The first-order valence-electron chi connectivity index (χ1n) is 9.51. The van der Waals surface area contributed by atoms with Gasteiger partial charge in [-0.1, -0.05) is 12.1 Å². The first-order chi connectivity index (χ1) is 12.9. The van der Waals surface area contributed by atoms with Crippen molar-refractivity contribution >= 4 is 21.8 Å². The zero-order valence-electron chi connectivity index (χ0n) is 15.7. The zero-order chi connectivity index (χ0) is 19.4. The lowest BCUT2D eigenvalue weighted by Gasteiger charge is -2.28. The average Bonchev–Trinajstić information content (AvgIpc) is 2.84. The van der Waals surface area contributed by atoms with Crippen LogP contribution in [0.25, 0.3) is 0 Å². The molecule has 27 heavy (non-hydrogen) atoms. The Kier molecular flexibility index (Phi) is 6.16. The highest BCUT2D eigenvalue weighted by atomic mass is 32.2. The lowest BCUT2D eigenvalue weighted by atomic mass is 9.94. The Bertz CT molecular complexity index is 801. The molecule has 1 saturated heterocycles. The van der Waals surface area contributed by atoms with Crippen molar-refractivity contribution in [3.8, 4) is 0 Å². The van der Waals surface area contributed by atoms with Crippen LogP contribution in [0.1, 0.15) is 42.5 Å². The maximum absolute atomic E-state index is 12.4. The molecule has 0 radical (unpaired) electrons. The number of carbonyl (C=O) groups is 2.